The van der Waals surface area contributed by atoms with Crippen molar-refractivity contribution >= 4 is 23.2 Å². The first-order valence-corrected chi connectivity index (χ1v) is 9.74. The number of methoxy groups -OCH3 is 1. The Morgan fingerprint density at radius 3 is 2.76 bits per heavy atom. The summed E-state index contributed by atoms with van der Waals surface area (Å²) < 4.78 is 5.32. The van der Waals surface area contributed by atoms with Crippen molar-refractivity contribution in [3.05, 3.63) is 46.1 Å². The van der Waals surface area contributed by atoms with Gasteiger partial charge in [-0.3, -0.25) is 4.79 Å². The molecule has 1 aliphatic carbocycles. The fourth-order valence-corrected chi connectivity index (χ4v) is 4.43. The van der Waals surface area contributed by atoms with Gasteiger partial charge >= 0.3 is 0 Å². The van der Waals surface area contributed by atoms with Gasteiger partial charge in [-0.1, -0.05) is 31.7 Å². The summed E-state index contributed by atoms with van der Waals surface area (Å²) in [7, 11) is 1.63. The molecule has 3 rings (SSSR count). The number of ether oxygens (including phenoxy) is 1. The van der Waals surface area contributed by atoms with Crippen LogP contribution in [0.1, 0.15) is 25.8 Å². The molecule has 0 bridgehead atoms. The monoisotopic (exact) mass is 358 g/mol. The Kier molecular flexibility index (Phi) is 5.86. The molecular weight excluding hydrogens is 332 g/mol. The fraction of sp³-hybridized carbons (Fsp3) is 0.450. The molecule has 1 aromatic carbocycles. The molecule has 1 aromatic rings. The highest BCUT2D eigenvalue weighted by molar-refractivity contribution is 8.04. The first-order valence-electron chi connectivity index (χ1n) is 8.93. The van der Waals surface area contributed by atoms with Gasteiger partial charge in [0.05, 0.1) is 18.4 Å². The summed E-state index contributed by atoms with van der Waals surface area (Å²) in [4.78, 5) is 16.9. The molecule has 0 aromatic heterocycles. The van der Waals surface area contributed by atoms with E-state index in [1.54, 1.807) is 18.9 Å². The van der Waals surface area contributed by atoms with Crippen LogP contribution in [0.5, 0.6) is 0 Å². The minimum absolute atomic E-state index is 0.171. The van der Waals surface area contributed by atoms with Gasteiger partial charge in [-0.25, -0.2) is 0 Å². The maximum atomic E-state index is 12.4. The molecule has 0 atom stereocenters. The number of carbonyl (C=O) groups is 1. The second-order valence-electron chi connectivity index (χ2n) is 6.28. The van der Waals surface area contributed by atoms with Crippen molar-refractivity contribution in [3.8, 4) is 0 Å². The van der Waals surface area contributed by atoms with Crippen LogP contribution in [-0.4, -0.2) is 44.0 Å². The number of thioether (sulfide) groups is 1. The number of benzene rings is 1. The van der Waals surface area contributed by atoms with E-state index in [0.717, 1.165) is 48.8 Å². The third-order valence-electron chi connectivity index (χ3n) is 4.83. The largest absolute Gasteiger partial charge is 0.501 e. The van der Waals surface area contributed by atoms with Crippen molar-refractivity contribution in [1.82, 2.24) is 4.90 Å². The average molecular weight is 359 g/mol. The average Bonchev–Trinajstić information content (AvgIpc) is 2.64. The number of nitrogens with zero attached hydrogens (tertiary/aromatic N) is 1. The molecule has 0 fully saturated rings. The predicted octanol–water partition coefficient (Wildman–Crippen LogP) is 3.85. The normalized spacial score (nSPS) is 16.5. The van der Waals surface area contributed by atoms with Crippen molar-refractivity contribution < 1.29 is 9.53 Å². The molecule has 1 N–H and O–H groups in total. The standard InChI is InChI=1S/C20H26N2O2S/c1-4-22(5-2)10-9-21-17-7-6-8-19-16(17)12-14-11-15(24-3)13-18(23)20(14)25-19/h6-8,11,21H,4-5,9-10,12-13H2,1-3H3. The van der Waals surface area contributed by atoms with Crippen molar-refractivity contribution in [2.24, 2.45) is 0 Å². The molecule has 5 heteroatoms. The zero-order valence-corrected chi connectivity index (χ0v) is 16.0. The lowest BCUT2D eigenvalue weighted by Gasteiger charge is -2.26. The van der Waals surface area contributed by atoms with Crippen LogP contribution in [-0.2, 0) is 16.0 Å². The third kappa shape index (κ3) is 3.93. The lowest BCUT2D eigenvalue weighted by molar-refractivity contribution is -0.115. The highest BCUT2D eigenvalue weighted by Crippen LogP contribution is 2.44. The van der Waals surface area contributed by atoms with E-state index in [1.807, 2.05) is 6.08 Å². The summed E-state index contributed by atoms with van der Waals surface area (Å²) >= 11 is 1.60. The van der Waals surface area contributed by atoms with Gasteiger partial charge in [-0.2, -0.15) is 0 Å². The Labute approximate surface area is 154 Å². The van der Waals surface area contributed by atoms with E-state index in [0.29, 0.717) is 6.42 Å². The van der Waals surface area contributed by atoms with E-state index in [4.69, 9.17) is 4.74 Å². The summed E-state index contributed by atoms with van der Waals surface area (Å²) in [5.41, 5.74) is 3.55. The molecule has 134 valence electrons. The zero-order valence-electron chi connectivity index (χ0n) is 15.2. The number of nitrogens with one attached hydrogen (secondary N) is 1. The molecule has 0 radical (unpaired) electrons. The van der Waals surface area contributed by atoms with Gasteiger partial charge in [-0.15, -0.1) is 0 Å². The van der Waals surface area contributed by atoms with Gasteiger partial charge in [-0.05, 0) is 42.4 Å². The highest BCUT2D eigenvalue weighted by Gasteiger charge is 2.28. The van der Waals surface area contributed by atoms with Crippen LogP contribution < -0.4 is 5.32 Å². The first kappa shape index (κ1) is 18.1. The second-order valence-corrected chi connectivity index (χ2v) is 7.34. The number of Topliss-reactive ketones (excluding diaryl/α,β-unsaturated/α-hetero) is 1. The number of fused-ring (bicyclic) bond motifs is 1. The molecule has 25 heavy (non-hydrogen) atoms. The van der Waals surface area contributed by atoms with E-state index in [9.17, 15) is 4.79 Å². The third-order valence-corrected chi connectivity index (χ3v) is 6.12. The van der Waals surface area contributed by atoms with Gasteiger partial charge in [0, 0.05) is 30.1 Å². The Morgan fingerprint density at radius 1 is 1.24 bits per heavy atom. The topological polar surface area (TPSA) is 41.6 Å². The minimum atomic E-state index is 0.171. The van der Waals surface area contributed by atoms with Crippen LogP contribution in [0.4, 0.5) is 5.69 Å². The Balaban J connectivity index is 1.77. The summed E-state index contributed by atoms with van der Waals surface area (Å²) in [5, 5.41) is 3.59. The molecule has 0 saturated heterocycles. The number of ketones is 1. The summed E-state index contributed by atoms with van der Waals surface area (Å²) in [5.74, 6) is 0.935. The number of anilines is 1. The highest BCUT2D eigenvalue weighted by atomic mass is 32.2. The van der Waals surface area contributed by atoms with Crippen LogP contribution >= 0.6 is 11.8 Å². The van der Waals surface area contributed by atoms with Crippen LogP contribution in [0, 0.1) is 0 Å². The van der Waals surface area contributed by atoms with Gasteiger partial charge in [0.1, 0.15) is 5.76 Å². The molecule has 0 spiro atoms. The van der Waals surface area contributed by atoms with Gasteiger partial charge in [0.15, 0.2) is 5.78 Å². The predicted molar refractivity (Wildman–Crippen MR) is 104 cm³/mol. The maximum absolute atomic E-state index is 12.4. The zero-order chi connectivity index (χ0) is 17.8. The number of rotatable bonds is 7. The van der Waals surface area contributed by atoms with E-state index in [2.05, 4.69) is 42.3 Å². The Morgan fingerprint density at radius 2 is 2.04 bits per heavy atom. The molecule has 1 heterocycles. The van der Waals surface area contributed by atoms with Gasteiger partial charge < -0.3 is 15.0 Å². The maximum Gasteiger partial charge on any atom is 0.177 e. The minimum Gasteiger partial charge on any atom is -0.501 e. The number of allylic oxidation sites excluding steroid dienone is 4. The quantitative estimate of drug-likeness (QED) is 0.802. The van der Waals surface area contributed by atoms with Crippen LogP contribution in [0.2, 0.25) is 0 Å². The lowest BCUT2D eigenvalue weighted by Crippen LogP contribution is -2.28. The summed E-state index contributed by atoms with van der Waals surface area (Å²) in [6.45, 7) is 8.49. The number of likely N-dealkylation sites (N-methyl/N-ethyl adjacent to an activating group) is 1. The molecular formula is C20H26N2O2S. The van der Waals surface area contributed by atoms with Gasteiger partial charge in [0.25, 0.3) is 0 Å². The smallest absolute Gasteiger partial charge is 0.177 e. The number of hydrogen-bond donors (Lipinski definition) is 1. The van der Waals surface area contributed by atoms with Gasteiger partial charge in [0.2, 0.25) is 0 Å². The number of carbonyl (C=O) groups excluding carboxylic acids is 1. The van der Waals surface area contributed by atoms with Crippen molar-refractivity contribution in [1.29, 1.82) is 0 Å². The molecule has 1 aliphatic heterocycles. The van der Waals surface area contributed by atoms with Crippen LogP contribution in [0.3, 0.4) is 0 Å². The van der Waals surface area contributed by atoms with E-state index in [1.165, 1.54) is 16.1 Å². The number of hydrogen-bond acceptors (Lipinski definition) is 5. The molecule has 2 aliphatic rings. The fourth-order valence-electron chi connectivity index (χ4n) is 3.31. The van der Waals surface area contributed by atoms with Crippen molar-refractivity contribution in [2.75, 3.05) is 38.6 Å². The molecule has 0 amide bonds. The van der Waals surface area contributed by atoms with Crippen LogP contribution in [0.25, 0.3) is 0 Å². The molecule has 0 saturated carbocycles. The van der Waals surface area contributed by atoms with Crippen molar-refractivity contribution in [3.63, 3.8) is 0 Å². The Bertz CT molecular complexity index is 720. The van der Waals surface area contributed by atoms with E-state index < -0.39 is 0 Å². The molecule has 0 unspecified atom stereocenters. The Hall–Kier alpha value is -1.72. The second kappa shape index (κ2) is 8.11. The lowest BCUT2D eigenvalue weighted by atomic mass is 9.96. The van der Waals surface area contributed by atoms with Crippen molar-refractivity contribution in [2.45, 2.75) is 31.6 Å². The van der Waals surface area contributed by atoms with E-state index >= 15 is 0 Å². The van der Waals surface area contributed by atoms with E-state index in [-0.39, 0.29) is 5.78 Å². The SMILES string of the molecule is CCN(CC)CCNc1cccc2c1CC1=C(S2)C(=O)CC(OC)=C1. The summed E-state index contributed by atoms with van der Waals surface area (Å²) in [6.07, 6.45) is 3.20. The van der Waals surface area contributed by atoms with Crippen LogP contribution in [0.15, 0.2) is 45.4 Å². The summed E-state index contributed by atoms with van der Waals surface area (Å²) in [6, 6.07) is 6.32. The first-order chi connectivity index (χ1) is 12.2. The molecule has 4 nitrogen and oxygen atoms in total.